The van der Waals surface area contributed by atoms with Gasteiger partial charge in [0, 0.05) is 33.8 Å². The first-order chi connectivity index (χ1) is 12.6. The largest absolute Gasteiger partial charge is 0.490 e. The Labute approximate surface area is 170 Å². The van der Waals surface area contributed by atoms with E-state index in [0.717, 1.165) is 33.5 Å². The predicted molar refractivity (Wildman–Crippen MR) is 98.9 cm³/mol. The van der Waals surface area contributed by atoms with Crippen LogP contribution in [-0.4, -0.2) is 32.2 Å². The maximum absolute atomic E-state index is 10.6. The van der Waals surface area contributed by atoms with Crippen molar-refractivity contribution in [2.45, 2.75) is 36.0 Å². The predicted octanol–water partition coefficient (Wildman–Crippen LogP) is 5.38. The van der Waals surface area contributed by atoms with E-state index in [9.17, 15) is 13.2 Å². The van der Waals surface area contributed by atoms with E-state index in [1.165, 1.54) is 17.3 Å². The van der Waals surface area contributed by atoms with Gasteiger partial charge >= 0.3 is 12.1 Å². The molecule has 0 aliphatic heterocycles. The third kappa shape index (κ3) is 5.66. The molecule has 1 N–H and O–H groups in total. The molecule has 27 heavy (non-hydrogen) atoms. The normalized spacial score (nSPS) is 13.1. The van der Waals surface area contributed by atoms with Gasteiger partial charge in [-0.1, -0.05) is 34.5 Å². The number of carbonyl (C=O) groups is 1. The fourth-order valence-corrected chi connectivity index (χ4v) is 4.14. The molecule has 144 valence electrons. The number of fused-ring (bicyclic) bond motifs is 1. The van der Waals surface area contributed by atoms with Crippen LogP contribution in [0.3, 0.4) is 0 Å². The van der Waals surface area contributed by atoms with Crippen molar-refractivity contribution in [2.75, 3.05) is 0 Å². The molecule has 0 aromatic carbocycles. The lowest BCUT2D eigenvalue weighted by Crippen LogP contribution is -2.21. The molecule has 2 heterocycles. The lowest BCUT2D eigenvalue weighted by Gasteiger charge is -2.05. The van der Waals surface area contributed by atoms with Crippen LogP contribution < -0.4 is 0 Å². The number of nitrogens with zero attached hydrogens (tertiary/aromatic N) is 3. The number of pyridine rings is 1. The van der Waals surface area contributed by atoms with Crippen LogP contribution in [0.1, 0.15) is 24.6 Å². The van der Waals surface area contributed by atoms with E-state index >= 15 is 0 Å². The number of rotatable bonds is 3. The van der Waals surface area contributed by atoms with Gasteiger partial charge in [0.25, 0.3) is 0 Å². The van der Waals surface area contributed by atoms with Gasteiger partial charge in [-0.25, -0.2) is 14.8 Å². The van der Waals surface area contributed by atoms with Gasteiger partial charge < -0.3 is 5.11 Å². The van der Waals surface area contributed by atoms with Gasteiger partial charge in [-0.3, -0.25) is 4.98 Å². The Balaban J connectivity index is 0.000000321. The molecule has 0 amide bonds. The lowest BCUT2D eigenvalue weighted by molar-refractivity contribution is -0.192. The van der Waals surface area contributed by atoms with E-state index in [1.54, 1.807) is 12.4 Å². The van der Waals surface area contributed by atoms with Crippen LogP contribution in [0.4, 0.5) is 13.2 Å². The van der Waals surface area contributed by atoms with E-state index in [0.29, 0.717) is 10.3 Å². The van der Waals surface area contributed by atoms with Gasteiger partial charge in [0.15, 0.2) is 5.16 Å². The molecule has 0 saturated carbocycles. The summed E-state index contributed by atoms with van der Waals surface area (Å²) in [5.74, 6) is -2.76. The number of allylic oxidation sites excluding steroid dienone is 1. The molecule has 1 aliphatic carbocycles. The zero-order valence-corrected chi connectivity index (χ0v) is 16.9. The SMILES string of the molecule is CCC1=C(Br)c2c(Cl)nc(Sc3cccnc3)nc2C1.O=C(O)C(F)(F)F. The summed E-state index contributed by atoms with van der Waals surface area (Å²) in [5.41, 5.74) is 3.26. The van der Waals surface area contributed by atoms with Crippen LogP contribution in [0, 0.1) is 0 Å². The van der Waals surface area contributed by atoms with Gasteiger partial charge in [-0.05, 0) is 35.9 Å². The summed E-state index contributed by atoms with van der Waals surface area (Å²) in [7, 11) is 0. The molecule has 0 saturated heterocycles. The van der Waals surface area contributed by atoms with Gasteiger partial charge in [0.2, 0.25) is 0 Å². The van der Waals surface area contributed by atoms with Crippen molar-refractivity contribution < 1.29 is 23.1 Å². The Kier molecular flexibility index (Phi) is 7.24. The van der Waals surface area contributed by atoms with E-state index < -0.39 is 12.1 Å². The van der Waals surface area contributed by atoms with E-state index in [4.69, 9.17) is 21.5 Å². The van der Waals surface area contributed by atoms with Crippen LogP contribution in [0.25, 0.3) is 4.48 Å². The van der Waals surface area contributed by atoms with Crippen LogP contribution in [0.5, 0.6) is 0 Å². The average Bonchev–Trinajstić information content (AvgIpc) is 2.91. The molecule has 2 aromatic heterocycles. The van der Waals surface area contributed by atoms with Gasteiger partial charge in [-0.15, -0.1) is 0 Å². The molecule has 0 fully saturated rings. The summed E-state index contributed by atoms with van der Waals surface area (Å²) < 4.78 is 32.8. The third-order valence-corrected chi connectivity index (χ3v) is 5.42. The van der Waals surface area contributed by atoms with Crippen LogP contribution in [0.15, 0.2) is 40.2 Å². The summed E-state index contributed by atoms with van der Waals surface area (Å²) in [6.45, 7) is 2.13. The van der Waals surface area contributed by atoms with Crippen molar-refractivity contribution in [1.82, 2.24) is 15.0 Å². The first-order valence-corrected chi connectivity index (χ1v) is 9.44. The van der Waals surface area contributed by atoms with Gasteiger partial charge in [0.1, 0.15) is 5.15 Å². The summed E-state index contributed by atoms with van der Waals surface area (Å²) in [6, 6.07) is 3.87. The molecule has 0 atom stereocenters. The van der Waals surface area contributed by atoms with Gasteiger partial charge in [-0.2, -0.15) is 13.2 Å². The van der Waals surface area contributed by atoms with Crippen molar-refractivity contribution in [1.29, 1.82) is 0 Å². The highest BCUT2D eigenvalue weighted by Gasteiger charge is 2.38. The fourth-order valence-electron chi connectivity index (χ4n) is 2.10. The summed E-state index contributed by atoms with van der Waals surface area (Å²) in [6.07, 6.45) is 0.281. The highest BCUT2D eigenvalue weighted by molar-refractivity contribution is 9.15. The highest BCUT2D eigenvalue weighted by Crippen LogP contribution is 2.41. The smallest absolute Gasteiger partial charge is 0.475 e. The van der Waals surface area contributed by atoms with Crippen LogP contribution >= 0.6 is 39.3 Å². The molecule has 0 bridgehead atoms. The minimum absolute atomic E-state index is 0.511. The Hall–Kier alpha value is -1.65. The molecule has 1 aliphatic rings. The van der Waals surface area contributed by atoms with Gasteiger partial charge in [0.05, 0.1) is 5.69 Å². The number of halogens is 5. The molecular weight excluding hydrogens is 471 g/mol. The van der Waals surface area contributed by atoms with Crippen molar-refractivity contribution in [2.24, 2.45) is 0 Å². The number of alkyl halides is 3. The second-order valence-corrected chi connectivity index (χ2v) is 7.35. The minimum Gasteiger partial charge on any atom is -0.475 e. The molecule has 0 unspecified atom stereocenters. The number of aliphatic carboxylic acids is 1. The summed E-state index contributed by atoms with van der Waals surface area (Å²) in [5, 5.41) is 8.30. The summed E-state index contributed by atoms with van der Waals surface area (Å²) in [4.78, 5) is 23.0. The van der Waals surface area contributed by atoms with Crippen molar-refractivity contribution in [3.05, 3.63) is 46.5 Å². The minimum atomic E-state index is -5.08. The van der Waals surface area contributed by atoms with Crippen molar-refractivity contribution in [3.8, 4) is 0 Å². The fraction of sp³-hybridized carbons (Fsp3) is 0.250. The van der Waals surface area contributed by atoms with E-state index in [2.05, 4.69) is 37.8 Å². The second kappa shape index (κ2) is 9.03. The van der Waals surface area contributed by atoms with Crippen LogP contribution in [-0.2, 0) is 11.2 Å². The maximum Gasteiger partial charge on any atom is 0.490 e. The molecular formula is C16H12BrClF3N3O2S. The van der Waals surface area contributed by atoms with E-state index in [-0.39, 0.29) is 0 Å². The molecule has 3 rings (SSSR count). The average molecular weight is 483 g/mol. The summed E-state index contributed by atoms with van der Waals surface area (Å²) >= 11 is 11.4. The first-order valence-electron chi connectivity index (χ1n) is 7.45. The first kappa shape index (κ1) is 21.6. The number of hydrogen-bond donors (Lipinski definition) is 1. The highest BCUT2D eigenvalue weighted by atomic mass is 79.9. The molecule has 0 spiro atoms. The zero-order chi connectivity index (χ0) is 20.2. The third-order valence-electron chi connectivity index (χ3n) is 3.34. The maximum atomic E-state index is 10.6. The topological polar surface area (TPSA) is 76.0 Å². The van der Waals surface area contributed by atoms with Crippen molar-refractivity contribution in [3.63, 3.8) is 0 Å². The quantitative estimate of drug-likeness (QED) is 0.467. The van der Waals surface area contributed by atoms with Crippen molar-refractivity contribution >= 4 is 49.7 Å². The monoisotopic (exact) mass is 481 g/mol. The number of aromatic nitrogens is 3. The second-order valence-electron chi connectivity index (χ2n) is 5.16. The number of carboxylic acids is 1. The lowest BCUT2D eigenvalue weighted by atomic mass is 10.2. The number of hydrogen-bond acceptors (Lipinski definition) is 5. The Bertz CT molecular complexity index is 879. The Morgan fingerprint density at radius 1 is 1.41 bits per heavy atom. The van der Waals surface area contributed by atoms with Crippen LogP contribution in [0.2, 0.25) is 5.15 Å². The Morgan fingerprint density at radius 2 is 2.07 bits per heavy atom. The molecule has 2 aromatic rings. The Morgan fingerprint density at radius 3 is 2.59 bits per heavy atom. The number of carboxylic acid groups (broad SMARTS) is 1. The molecule has 11 heteroatoms. The zero-order valence-electron chi connectivity index (χ0n) is 13.7. The van der Waals surface area contributed by atoms with E-state index in [1.807, 2.05) is 12.1 Å². The molecule has 5 nitrogen and oxygen atoms in total. The molecule has 0 radical (unpaired) electrons. The standard InChI is InChI=1S/C14H11BrClN3S.C2HF3O2/c1-2-8-6-10-11(12(8)15)13(16)19-14(18-10)20-9-4-3-5-17-7-9;3-2(4,5)1(6)7/h3-5,7H,2,6H2,1H3;(H,6,7).